The van der Waals surface area contributed by atoms with Crippen molar-refractivity contribution in [1.82, 2.24) is 5.32 Å². The Morgan fingerprint density at radius 1 is 1.19 bits per heavy atom. The monoisotopic (exact) mass is 220 g/mol. The molecule has 16 heavy (non-hydrogen) atoms. The fourth-order valence-corrected chi connectivity index (χ4v) is 1.65. The van der Waals surface area contributed by atoms with Gasteiger partial charge < -0.3 is 11.1 Å². The molecule has 3 N–H and O–H groups in total. The lowest BCUT2D eigenvalue weighted by atomic mass is 9.86. The summed E-state index contributed by atoms with van der Waals surface area (Å²) in [5.74, 6) is 0. The van der Waals surface area contributed by atoms with Gasteiger partial charge in [0.25, 0.3) is 0 Å². The second-order valence-electron chi connectivity index (χ2n) is 5.29. The minimum Gasteiger partial charge on any atom is -0.323 e. The standard InChI is InChI=1S/C14H24N2/c1-5-16-10-13(15)11-6-8-12(9-7-11)14(2,3)4/h6-9,13,16H,5,10,15H2,1-4H3. The molecule has 2 heteroatoms. The highest BCUT2D eigenvalue weighted by Crippen LogP contribution is 2.23. The first kappa shape index (κ1) is 13.2. The van der Waals surface area contributed by atoms with Gasteiger partial charge in [-0.3, -0.25) is 0 Å². The van der Waals surface area contributed by atoms with Crippen LogP contribution < -0.4 is 11.1 Å². The van der Waals surface area contributed by atoms with E-state index in [-0.39, 0.29) is 11.5 Å². The number of nitrogens with two attached hydrogens (primary N) is 1. The van der Waals surface area contributed by atoms with Crippen LogP contribution in [0.2, 0.25) is 0 Å². The smallest absolute Gasteiger partial charge is 0.0421 e. The zero-order valence-corrected chi connectivity index (χ0v) is 10.9. The van der Waals surface area contributed by atoms with Crippen molar-refractivity contribution >= 4 is 0 Å². The average Bonchev–Trinajstić information content (AvgIpc) is 2.25. The molecule has 1 aromatic carbocycles. The summed E-state index contributed by atoms with van der Waals surface area (Å²) in [6.07, 6.45) is 0. The van der Waals surface area contributed by atoms with E-state index in [9.17, 15) is 0 Å². The van der Waals surface area contributed by atoms with Gasteiger partial charge >= 0.3 is 0 Å². The summed E-state index contributed by atoms with van der Waals surface area (Å²) in [4.78, 5) is 0. The second-order valence-corrected chi connectivity index (χ2v) is 5.29. The third kappa shape index (κ3) is 3.62. The van der Waals surface area contributed by atoms with E-state index in [0.29, 0.717) is 0 Å². The molecule has 2 nitrogen and oxygen atoms in total. The predicted octanol–water partition coefficient (Wildman–Crippen LogP) is 2.59. The minimum absolute atomic E-state index is 0.0916. The van der Waals surface area contributed by atoms with Crippen molar-refractivity contribution in [1.29, 1.82) is 0 Å². The topological polar surface area (TPSA) is 38.0 Å². The number of hydrogen-bond acceptors (Lipinski definition) is 2. The normalized spacial score (nSPS) is 13.8. The molecule has 1 aromatic rings. The number of rotatable bonds is 4. The summed E-state index contributed by atoms with van der Waals surface area (Å²) in [7, 11) is 0. The Labute approximate surface area is 99.2 Å². The summed E-state index contributed by atoms with van der Waals surface area (Å²) in [5, 5.41) is 3.27. The molecular weight excluding hydrogens is 196 g/mol. The van der Waals surface area contributed by atoms with Crippen LogP contribution in [0.3, 0.4) is 0 Å². The largest absolute Gasteiger partial charge is 0.323 e. The van der Waals surface area contributed by atoms with Gasteiger partial charge in [-0.1, -0.05) is 52.0 Å². The molecule has 0 fully saturated rings. The van der Waals surface area contributed by atoms with Gasteiger partial charge in [0.1, 0.15) is 0 Å². The maximum Gasteiger partial charge on any atom is 0.0421 e. The van der Waals surface area contributed by atoms with Gasteiger partial charge in [0.2, 0.25) is 0 Å². The summed E-state index contributed by atoms with van der Waals surface area (Å²) in [6.45, 7) is 10.6. The number of nitrogens with one attached hydrogen (secondary N) is 1. The first-order valence-corrected chi connectivity index (χ1v) is 6.02. The molecule has 0 amide bonds. The first-order valence-electron chi connectivity index (χ1n) is 6.02. The van der Waals surface area contributed by atoms with Gasteiger partial charge in [-0.05, 0) is 23.1 Å². The van der Waals surface area contributed by atoms with Crippen molar-refractivity contribution in [2.75, 3.05) is 13.1 Å². The van der Waals surface area contributed by atoms with Crippen molar-refractivity contribution in [3.8, 4) is 0 Å². The molecule has 0 aromatic heterocycles. The van der Waals surface area contributed by atoms with Crippen LogP contribution in [0.25, 0.3) is 0 Å². The van der Waals surface area contributed by atoms with Crippen LogP contribution in [0.15, 0.2) is 24.3 Å². The minimum atomic E-state index is 0.0916. The molecule has 1 rings (SSSR count). The van der Waals surface area contributed by atoms with E-state index in [0.717, 1.165) is 13.1 Å². The molecular formula is C14H24N2. The van der Waals surface area contributed by atoms with E-state index < -0.39 is 0 Å². The van der Waals surface area contributed by atoms with Crippen molar-refractivity contribution in [3.63, 3.8) is 0 Å². The second kappa shape index (κ2) is 5.46. The SMILES string of the molecule is CCNCC(N)c1ccc(C(C)(C)C)cc1. The molecule has 0 aliphatic rings. The van der Waals surface area contributed by atoms with Gasteiger partial charge in [0, 0.05) is 12.6 Å². The number of likely N-dealkylation sites (N-methyl/N-ethyl adjacent to an activating group) is 1. The number of benzene rings is 1. The van der Waals surface area contributed by atoms with Crippen LogP contribution in [0, 0.1) is 0 Å². The maximum absolute atomic E-state index is 6.08. The summed E-state index contributed by atoms with van der Waals surface area (Å²) in [5.41, 5.74) is 8.85. The van der Waals surface area contributed by atoms with Crippen LogP contribution in [-0.4, -0.2) is 13.1 Å². The Morgan fingerprint density at radius 3 is 2.19 bits per heavy atom. The van der Waals surface area contributed by atoms with Gasteiger partial charge in [-0.25, -0.2) is 0 Å². The van der Waals surface area contributed by atoms with Crippen LogP contribution in [0.4, 0.5) is 0 Å². The molecule has 0 heterocycles. The highest BCUT2D eigenvalue weighted by molar-refractivity contribution is 5.29. The van der Waals surface area contributed by atoms with Crippen LogP contribution in [0.1, 0.15) is 44.9 Å². The Kier molecular flexibility index (Phi) is 4.51. The van der Waals surface area contributed by atoms with Crippen LogP contribution >= 0.6 is 0 Å². The van der Waals surface area contributed by atoms with E-state index in [4.69, 9.17) is 5.73 Å². The lowest BCUT2D eigenvalue weighted by molar-refractivity contribution is 0.587. The van der Waals surface area contributed by atoms with Gasteiger partial charge in [0.15, 0.2) is 0 Å². The fourth-order valence-electron chi connectivity index (χ4n) is 1.65. The Hall–Kier alpha value is -0.860. The Balaban J connectivity index is 2.71. The van der Waals surface area contributed by atoms with Gasteiger partial charge in [-0.15, -0.1) is 0 Å². The maximum atomic E-state index is 6.08. The zero-order chi connectivity index (χ0) is 12.2. The molecule has 0 aliphatic carbocycles. The molecule has 90 valence electrons. The molecule has 1 atom stereocenters. The third-order valence-corrected chi connectivity index (χ3v) is 2.82. The predicted molar refractivity (Wildman–Crippen MR) is 70.6 cm³/mol. The lowest BCUT2D eigenvalue weighted by Crippen LogP contribution is -2.26. The summed E-state index contributed by atoms with van der Waals surface area (Å²) >= 11 is 0. The molecule has 0 radical (unpaired) electrons. The molecule has 0 saturated carbocycles. The van der Waals surface area contributed by atoms with Crippen molar-refractivity contribution in [2.24, 2.45) is 5.73 Å². The third-order valence-electron chi connectivity index (χ3n) is 2.82. The molecule has 0 saturated heterocycles. The van der Waals surface area contributed by atoms with E-state index in [2.05, 4.69) is 57.3 Å². The van der Waals surface area contributed by atoms with Crippen molar-refractivity contribution in [2.45, 2.75) is 39.2 Å². The fraction of sp³-hybridized carbons (Fsp3) is 0.571. The molecule has 0 aliphatic heterocycles. The summed E-state index contributed by atoms with van der Waals surface area (Å²) in [6, 6.07) is 8.74. The highest BCUT2D eigenvalue weighted by atomic mass is 14.9. The van der Waals surface area contributed by atoms with Crippen LogP contribution in [0.5, 0.6) is 0 Å². The Morgan fingerprint density at radius 2 is 1.75 bits per heavy atom. The van der Waals surface area contributed by atoms with E-state index >= 15 is 0 Å². The average molecular weight is 220 g/mol. The van der Waals surface area contributed by atoms with Crippen LogP contribution in [-0.2, 0) is 5.41 Å². The highest BCUT2D eigenvalue weighted by Gasteiger charge is 2.13. The lowest BCUT2D eigenvalue weighted by Gasteiger charge is -2.20. The molecule has 1 unspecified atom stereocenters. The van der Waals surface area contributed by atoms with E-state index in [1.807, 2.05) is 0 Å². The number of hydrogen-bond donors (Lipinski definition) is 2. The Bertz CT molecular complexity index is 309. The molecule has 0 bridgehead atoms. The first-order chi connectivity index (χ1) is 7.45. The van der Waals surface area contributed by atoms with E-state index in [1.54, 1.807) is 0 Å². The molecule has 0 spiro atoms. The van der Waals surface area contributed by atoms with Crippen molar-refractivity contribution in [3.05, 3.63) is 35.4 Å². The van der Waals surface area contributed by atoms with Crippen molar-refractivity contribution < 1.29 is 0 Å². The summed E-state index contributed by atoms with van der Waals surface area (Å²) < 4.78 is 0. The quantitative estimate of drug-likeness (QED) is 0.818. The van der Waals surface area contributed by atoms with E-state index in [1.165, 1.54) is 11.1 Å². The van der Waals surface area contributed by atoms with Gasteiger partial charge in [0.05, 0.1) is 0 Å². The zero-order valence-electron chi connectivity index (χ0n) is 10.9. The van der Waals surface area contributed by atoms with Gasteiger partial charge in [-0.2, -0.15) is 0 Å².